The number of sulfonamides is 1. The molecular weight excluding hydrogens is 300 g/mol. The maximum absolute atomic E-state index is 12.7. The summed E-state index contributed by atoms with van der Waals surface area (Å²) >= 11 is 0.961. The predicted octanol–water partition coefficient (Wildman–Crippen LogP) is 1.08. The third-order valence-corrected chi connectivity index (χ3v) is 6.90. The molecule has 20 heavy (non-hydrogen) atoms. The number of carboxylic acids is 1. The fourth-order valence-corrected chi connectivity index (χ4v) is 5.36. The minimum Gasteiger partial charge on any atom is -0.477 e. The van der Waals surface area contributed by atoms with Gasteiger partial charge in [-0.3, -0.25) is 0 Å². The van der Waals surface area contributed by atoms with Gasteiger partial charge >= 0.3 is 5.97 Å². The molecule has 1 atom stereocenters. The molecule has 8 heteroatoms. The van der Waals surface area contributed by atoms with Gasteiger partial charge in [0.1, 0.15) is 9.77 Å². The second-order valence-corrected chi connectivity index (χ2v) is 7.83. The first-order valence-electron chi connectivity index (χ1n) is 6.27. The molecule has 1 saturated heterocycles. The number of carbonyl (C=O) groups is 1. The van der Waals surface area contributed by atoms with E-state index in [2.05, 4.69) is 4.90 Å². The zero-order valence-corrected chi connectivity index (χ0v) is 13.3. The average Bonchev–Trinajstić information content (AvgIpc) is 2.75. The molecular formula is C12H18N2O4S2. The number of nitrogens with zero attached hydrogens (tertiary/aromatic N) is 2. The number of aryl methyl sites for hydroxylation is 1. The van der Waals surface area contributed by atoms with Gasteiger partial charge in [-0.1, -0.05) is 0 Å². The number of hydrogen-bond acceptors (Lipinski definition) is 5. The molecule has 1 aliphatic heterocycles. The van der Waals surface area contributed by atoms with Crippen LogP contribution in [0.3, 0.4) is 0 Å². The van der Waals surface area contributed by atoms with Crippen LogP contribution in [0.25, 0.3) is 0 Å². The normalized spacial score (nSPS) is 22.1. The zero-order chi connectivity index (χ0) is 15.1. The average molecular weight is 318 g/mol. The minimum absolute atomic E-state index is 0.0493. The quantitative estimate of drug-likeness (QED) is 0.902. The van der Waals surface area contributed by atoms with E-state index in [1.54, 1.807) is 12.3 Å². The smallest absolute Gasteiger partial charge is 0.347 e. The lowest BCUT2D eigenvalue weighted by molar-refractivity contribution is 0.0698. The molecule has 0 bridgehead atoms. The van der Waals surface area contributed by atoms with Crippen LogP contribution in [-0.2, 0) is 10.0 Å². The Bertz CT molecular complexity index is 623. The van der Waals surface area contributed by atoms with Gasteiger partial charge in [-0.25, -0.2) is 13.2 Å². The summed E-state index contributed by atoms with van der Waals surface area (Å²) in [6.07, 6.45) is 0. The largest absolute Gasteiger partial charge is 0.477 e. The Hall–Kier alpha value is -0.960. The molecule has 112 valence electrons. The van der Waals surface area contributed by atoms with Crippen LogP contribution in [0.2, 0.25) is 0 Å². The van der Waals surface area contributed by atoms with Crippen molar-refractivity contribution in [3.05, 3.63) is 15.8 Å². The number of carboxylic acid groups (broad SMARTS) is 1. The van der Waals surface area contributed by atoms with Crippen LogP contribution >= 0.6 is 11.3 Å². The van der Waals surface area contributed by atoms with E-state index in [-0.39, 0.29) is 15.8 Å². The topological polar surface area (TPSA) is 77.9 Å². The van der Waals surface area contributed by atoms with E-state index >= 15 is 0 Å². The fourth-order valence-electron chi connectivity index (χ4n) is 2.26. The van der Waals surface area contributed by atoms with E-state index in [1.807, 2.05) is 14.0 Å². The molecule has 0 aliphatic carbocycles. The molecule has 1 aliphatic rings. The summed E-state index contributed by atoms with van der Waals surface area (Å²) in [6, 6.07) is 0.116. The molecule has 1 unspecified atom stereocenters. The summed E-state index contributed by atoms with van der Waals surface area (Å²) in [5, 5.41) is 10.7. The van der Waals surface area contributed by atoms with Gasteiger partial charge in [0.2, 0.25) is 10.0 Å². The lowest BCUT2D eigenvalue weighted by atomic mass is 10.2. The van der Waals surface area contributed by atoms with Crippen LogP contribution in [0.1, 0.15) is 22.2 Å². The van der Waals surface area contributed by atoms with Gasteiger partial charge in [0.15, 0.2) is 0 Å². The van der Waals surface area contributed by atoms with Crippen molar-refractivity contribution in [2.45, 2.75) is 24.8 Å². The number of aromatic carboxylic acids is 1. The highest BCUT2D eigenvalue weighted by Gasteiger charge is 2.35. The molecule has 1 fully saturated rings. The van der Waals surface area contributed by atoms with Crippen molar-refractivity contribution in [3.63, 3.8) is 0 Å². The molecule has 1 N–H and O–H groups in total. The Morgan fingerprint density at radius 3 is 2.65 bits per heavy atom. The van der Waals surface area contributed by atoms with Gasteiger partial charge in [0, 0.05) is 25.7 Å². The summed E-state index contributed by atoms with van der Waals surface area (Å²) in [6.45, 7) is 5.01. The Labute approximate surface area is 122 Å². The van der Waals surface area contributed by atoms with E-state index in [1.165, 1.54) is 4.31 Å². The van der Waals surface area contributed by atoms with Crippen LogP contribution in [0.4, 0.5) is 0 Å². The maximum Gasteiger partial charge on any atom is 0.347 e. The van der Waals surface area contributed by atoms with Crippen molar-refractivity contribution in [2.75, 3.05) is 26.7 Å². The monoisotopic (exact) mass is 318 g/mol. The lowest BCUT2D eigenvalue weighted by Gasteiger charge is -2.36. The number of rotatable bonds is 3. The van der Waals surface area contributed by atoms with E-state index in [4.69, 9.17) is 5.11 Å². The highest BCUT2D eigenvalue weighted by atomic mass is 32.2. The van der Waals surface area contributed by atoms with Gasteiger partial charge in [0.05, 0.1) is 0 Å². The highest BCUT2D eigenvalue weighted by Crippen LogP contribution is 2.30. The summed E-state index contributed by atoms with van der Waals surface area (Å²) in [5.74, 6) is -1.19. The molecule has 2 heterocycles. The van der Waals surface area contributed by atoms with Crippen LogP contribution in [0, 0.1) is 6.92 Å². The number of likely N-dealkylation sites (N-methyl/N-ethyl adjacent to an activating group) is 1. The van der Waals surface area contributed by atoms with E-state index in [9.17, 15) is 13.2 Å². The Kier molecular flexibility index (Phi) is 4.19. The summed E-state index contributed by atoms with van der Waals surface area (Å²) in [7, 11) is -1.79. The number of hydrogen-bond donors (Lipinski definition) is 1. The molecule has 0 saturated carbocycles. The van der Waals surface area contributed by atoms with Crippen LogP contribution in [-0.4, -0.2) is 61.4 Å². The van der Waals surface area contributed by atoms with Crippen molar-refractivity contribution in [2.24, 2.45) is 0 Å². The first-order valence-corrected chi connectivity index (χ1v) is 8.59. The van der Waals surface area contributed by atoms with E-state index in [0.29, 0.717) is 25.2 Å². The third kappa shape index (κ3) is 2.60. The molecule has 0 amide bonds. The predicted molar refractivity (Wildman–Crippen MR) is 76.9 cm³/mol. The summed E-state index contributed by atoms with van der Waals surface area (Å²) in [4.78, 5) is 13.1. The Morgan fingerprint density at radius 1 is 1.45 bits per heavy atom. The second-order valence-electron chi connectivity index (χ2n) is 5.07. The van der Waals surface area contributed by atoms with Gasteiger partial charge in [0.25, 0.3) is 0 Å². The van der Waals surface area contributed by atoms with Gasteiger partial charge in [-0.2, -0.15) is 4.31 Å². The molecule has 2 rings (SSSR count). The maximum atomic E-state index is 12.7. The van der Waals surface area contributed by atoms with Crippen molar-refractivity contribution >= 4 is 27.3 Å². The van der Waals surface area contributed by atoms with Crippen LogP contribution < -0.4 is 0 Å². The number of piperazine rings is 1. The molecule has 0 aromatic carbocycles. The van der Waals surface area contributed by atoms with Crippen LogP contribution in [0.15, 0.2) is 10.3 Å². The van der Waals surface area contributed by atoms with Crippen molar-refractivity contribution in [1.29, 1.82) is 0 Å². The fraction of sp³-hybridized carbons (Fsp3) is 0.583. The van der Waals surface area contributed by atoms with Gasteiger partial charge < -0.3 is 10.0 Å². The lowest BCUT2D eigenvalue weighted by Crippen LogP contribution is -2.52. The molecule has 0 radical (unpaired) electrons. The van der Waals surface area contributed by atoms with E-state index < -0.39 is 16.0 Å². The molecule has 1 aromatic rings. The Morgan fingerprint density at radius 2 is 2.10 bits per heavy atom. The third-order valence-electron chi connectivity index (χ3n) is 3.63. The molecule has 1 aromatic heterocycles. The minimum atomic E-state index is -3.75. The molecule has 6 nitrogen and oxygen atoms in total. The first-order chi connectivity index (χ1) is 9.25. The van der Waals surface area contributed by atoms with Gasteiger partial charge in [-0.05, 0) is 31.8 Å². The zero-order valence-electron chi connectivity index (χ0n) is 11.7. The van der Waals surface area contributed by atoms with E-state index in [0.717, 1.165) is 11.3 Å². The summed E-state index contributed by atoms with van der Waals surface area (Å²) in [5.41, 5.74) is 0.499. The first kappa shape index (κ1) is 15.4. The van der Waals surface area contributed by atoms with Crippen molar-refractivity contribution < 1.29 is 18.3 Å². The summed E-state index contributed by atoms with van der Waals surface area (Å²) < 4.78 is 26.8. The highest BCUT2D eigenvalue weighted by molar-refractivity contribution is 7.89. The second kappa shape index (κ2) is 5.44. The number of thiophene rings is 1. The van der Waals surface area contributed by atoms with Crippen molar-refractivity contribution in [1.82, 2.24) is 9.21 Å². The SMILES string of the molecule is Cc1csc(C(=O)O)c1S(=O)(=O)N1CCN(C)C(C)C1. The molecule has 0 spiro atoms. The van der Waals surface area contributed by atoms with Crippen molar-refractivity contribution in [3.8, 4) is 0 Å². The Balaban J connectivity index is 2.41. The standard InChI is InChI=1S/C12H18N2O4S2/c1-8-7-19-10(12(15)16)11(8)20(17,18)14-5-4-13(3)9(2)6-14/h7,9H,4-6H2,1-3H3,(H,15,16). The van der Waals surface area contributed by atoms with Gasteiger partial charge in [-0.15, -0.1) is 11.3 Å². The van der Waals surface area contributed by atoms with Crippen LogP contribution in [0.5, 0.6) is 0 Å².